The van der Waals surface area contributed by atoms with E-state index < -0.39 is 10.0 Å². The highest BCUT2D eigenvalue weighted by Gasteiger charge is 2.06. The minimum Gasteiger partial charge on any atom is -0.385 e. The molecule has 1 aromatic rings. The SMILES string of the molecule is CC(CN)CCCNc1ccc(S(N)(=O)=O)cc1. The zero-order valence-electron chi connectivity index (χ0n) is 10.6. The highest BCUT2D eigenvalue weighted by atomic mass is 32.2. The lowest BCUT2D eigenvalue weighted by Crippen LogP contribution is -2.13. The van der Waals surface area contributed by atoms with Crippen molar-refractivity contribution < 1.29 is 8.42 Å². The number of hydrogen-bond acceptors (Lipinski definition) is 4. The fourth-order valence-corrected chi connectivity index (χ4v) is 2.08. The number of benzene rings is 1. The number of rotatable bonds is 7. The van der Waals surface area contributed by atoms with Crippen molar-refractivity contribution in [2.75, 3.05) is 18.4 Å². The van der Waals surface area contributed by atoms with E-state index >= 15 is 0 Å². The normalized spacial score (nSPS) is 13.3. The first-order valence-corrected chi connectivity index (χ1v) is 7.55. The summed E-state index contributed by atoms with van der Waals surface area (Å²) < 4.78 is 22.1. The van der Waals surface area contributed by atoms with Gasteiger partial charge >= 0.3 is 0 Å². The number of hydrogen-bond donors (Lipinski definition) is 3. The Labute approximate surface area is 109 Å². The summed E-state index contributed by atoms with van der Waals surface area (Å²) >= 11 is 0. The number of anilines is 1. The predicted molar refractivity (Wildman–Crippen MR) is 73.8 cm³/mol. The molecule has 0 heterocycles. The molecule has 0 aliphatic heterocycles. The smallest absolute Gasteiger partial charge is 0.238 e. The Morgan fingerprint density at radius 1 is 1.28 bits per heavy atom. The van der Waals surface area contributed by atoms with Crippen LogP contribution in [0, 0.1) is 5.92 Å². The highest BCUT2D eigenvalue weighted by Crippen LogP contribution is 2.13. The van der Waals surface area contributed by atoms with Crippen LogP contribution in [-0.4, -0.2) is 21.5 Å². The Balaban J connectivity index is 2.40. The summed E-state index contributed by atoms with van der Waals surface area (Å²) in [6, 6.07) is 6.43. The van der Waals surface area contributed by atoms with Gasteiger partial charge in [-0.1, -0.05) is 6.92 Å². The van der Waals surface area contributed by atoms with E-state index in [9.17, 15) is 8.42 Å². The van der Waals surface area contributed by atoms with Crippen LogP contribution in [0.1, 0.15) is 19.8 Å². The second-order valence-electron chi connectivity index (χ2n) is 4.48. The molecule has 1 aromatic carbocycles. The van der Waals surface area contributed by atoms with Crippen molar-refractivity contribution >= 4 is 15.7 Å². The van der Waals surface area contributed by atoms with Gasteiger partial charge in [0.2, 0.25) is 10.0 Å². The lowest BCUT2D eigenvalue weighted by Gasteiger charge is -2.10. The van der Waals surface area contributed by atoms with Gasteiger partial charge in [-0.05, 0) is 49.6 Å². The molecule has 0 fully saturated rings. The molecule has 0 aliphatic carbocycles. The standard InChI is InChI=1S/C12H21N3O2S/c1-10(9-13)3-2-8-15-11-4-6-12(7-5-11)18(14,16)17/h4-7,10,15H,2-3,8-9,13H2,1H3,(H2,14,16,17). The summed E-state index contributed by atoms with van der Waals surface area (Å²) in [6.07, 6.45) is 2.12. The van der Waals surface area contributed by atoms with E-state index in [1.807, 2.05) is 0 Å². The second kappa shape index (κ2) is 6.72. The van der Waals surface area contributed by atoms with Crippen LogP contribution in [0.5, 0.6) is 0 Å². The van der Waals surface area contributed by atoms with Crippen molar-refractivity contribution in [2.24, 2.45) is 16.8 Å². The summed E-state index contributed by atoms with van der Waals surface area (Å²) in [5.74, 6) is 0.538. The van der Waals surface area contributed by atoms with E-state index in [0.717, 1.165) is 25.1 Å². The summed E-state index contributed by atoms with van der Waals surface area (Å²) in [4.78, 5) is 0.129. The van der Waals surface area contributed by atoms with Crippen molar-refractivity contribution in [1.82, 2.24) is 0 Å². The first kappa shape index (κ1) is 14.9. The Morgan fingerprint density at radius 3 is 2.39 bits per heavy atom. The molecule has 0 aromatic heterocycles. The molecule has 1 rings (SSSR count). The number of sulfonamides is 1. The average molecular weight is 271 g/mol. The summed E-state index contributed by atoms with van der Waals surface area (Å²) in [7, 11) is -3.60. The Kier molecular flexibility index (Phi) is 5.58. The minimum absolute atomic E-state index is 0.129. The largest absolute Gasteiger partial charge is 0.385 e. The quantitative estimate of drug-likeness (QED) is 0.647. The van der Waals surface area contributed by atoms with Gasteiger partial charge in [-0.2, -0.15) is 0 Å². The van der Waals surface area contributed by atoms with E-state index in [4.69, 9.17) is 10.9 Å². The average Bonchev–Trinajstić information content (AvgIpc) is 2.33. The van der Waals surface area contributed by atoms with Crippen LogP contribution in [0.2, 0.25) is 0 Å². The van der Waals surface area contributed by atoms with Gasteiger partial charge in [0.1, 0.15) is 0 Å². The number of nitrogens with two attached hydrogens (primary N) is 2. The molecule has 0 aliphatic rings. The molecule has 0 saturated heterocycles. The Morgan fingerprint density at radius 2 is 1.89 bits per heavy atom. The van der Waals surface area contributed by atoms with Gasteiger partial charge in [0.25, 0.3) is 0 Å². The first-order valence-electron chi connectivity index (χ1n) is 6.00. The van der Waals surface area contributed by atoms with Crippen molar-refractivity contribution in [1.29, 1.82) is 0 Å². The molecule has 0 spiro atoms. The van der Waals surface area contributed by atoms with Gasteiger partial charge in [-0.15, -0.1) is 0 Å². The van der Waals surface area contributed by atoms with E-state index in [2.05, 4.69) is 12.2 Å². The molecule has 0 radical (unpaired) electrons. The molecule has 5 N–H and O–H groups in total. The van der Waals surface area contributed by atoms with Gasteiger partial charge in [0.15, 0.2) is 0 Å². The van der Waals surface area contributed by atoms with Crippen LogP contribution in [0.3, 0.4) is 0 Å². The molecule has 0 saturated carbocycles. The van der Waals surface area contributed by atoms with Crippen molar-refractivity contribution in [2.45, 2.75) is 24.7 Å². The number of primary sulfonamides is 1. The molecule has 102 valence electrons. The molecule has 1 unspecified atom stereocenters. The molecular formula is C12H21N3O2S. The van der Waals surface area contributed by atoms with E-state index in [-0.39, 0.29) is 4.90 Å². The molecule has 0 amide bonds. The zero-order valence-corrected chi connectivity index (χ0v) is 11.4. The van der Waals surface area contributed by atoms with Crippen molar-refractivity contribution in [3.05, 3.63) is 24.3 Å². The second-order valence-corrected chi connectivity index (χ2v) is 6.04. The molecular weight excluding hydrogens is 250 g/mol. The zero-order chi connectivity index (χ0) is 13.6. The topological polar surface area (TPSA) is 98.2 Å². The number of nitrogens with one attached hydrogen (secondary N) is 1. The van der Waals surface area contributed by atoms with Crippen molar-refractivity contribution in [3.8, 4) is 0 Å². The molecule has 18 heavy (non-hydrogen) atoms. The molecule has 6 heteroatoms. The van der Waals surface area contributed by atoms with Crippen LogP contribution in [0.15, 0.2) is 29.2 Å². The van der Waals surface area contributed by atoms with Gasteiger partial charge in [-0.3, -0.25) is 0 Å². The molecule has 5 nitrogen and oxygen atoms in total. The van der Waals surface area contributed by atoms with Crippen LogP contribution in [0.4, 0.5) is 5.69 Å². The predicted octanol–water partition coefficient (Wildman–Crippen LogP) is 1.12. The van der Waals surface area contributed by atoms with E-state index in [1.165, 1.54) is 12.1 Å². The lowest BCUT2D eigenvalue weighted by atomic mass is 10.1. The van der Waals surface area contributed by atoms with Crippen LogP contribution < -0.4 is 16.2 Å². The maximum Gasteiger partial charge on any atom is 0.238 e. The van der Waals surface area contributed by atoms with Crippen LogP contribution in [-0.2, 0) is 10.0 Å². The Hall–Kier alpha value is -1.11. The fourth-order valence-electron chi connectivity index (χ4n) is 1.56. The monoisotopic (exact) mass is 271 g/mol. The first-order chi connectivity index (χ1) is 8.43. The van der Waals surface area contributed by atoms with Gasteiger partial charge in [-0.25, -0.2) is 13.6 Å². The summed E-state index contributed by atoms with van der Waals surface area (Å²) in [5, 5.41) is 8.24. The highest BCUT2D eigenvalue weighted by molar-refractivity contribution is 7.89. The molecule has 1 atom stereocenters. The van der Waals surface area contributed by atoms with Gasteiger partial charge in [0, 0.05) is 12.2 Å². The van der Waals surface area contributed by atoms with Crippen LogP contribution in [0.25, 0.3) is 0 Å². The Bertz CT molecular complexity index is 457. The third-order valence-corrected chi connectivity index (χ3v) is 3.72. The summed E-state index contributed by atoms with van der Waals surface area (Å²) in [5.41, 5.74) is 6.43. The third-order valence-electron chi connectivity index (χ3n) is 2.79. The lowest BCUT2D eigenvalue weighted by molar-refractivity contribution is 0.529. The van der Waals surface area contributed by atoms with E-state index in [0.29, 0.717) is 12.5 Å². The van der Waals surface area contributed by atoms with Crippen molar-refractivity contribution in [3.63, 3.8) is 0 Å². The van der Waals surface area contributed by atoms with Gasteiger partial charge in [0.05, 0.1) is 4.90 Å². The maximum absolute atomic E-state index is 11.1. The fraction of sp³-hybridized carbons (Fsp3) is 0.500. The van der Waals surface area contributed by atoms with Gasteiger partial charge < -0.3 is 11.1 Å². The van der Waals surface area contributed by atoms with Crippen LogP contribution >= 0.6 is 0 Å². The minimum atomic E-state index is -3.60. The summed E-state index contributed by atoms with van der Waals surface area (Å²) in [6.45, 7) is 3.68. The maximum atomic E-state index is 11.1. The van der Waals surface area contributed by atoms with E-state index in [1.54, 1.807) is 12.1 Å². The third kappa shape index (κ3) is 5.03. The molecule has 0 bridgehead atoms.